The lowest BCUT2D eigenvalue weighted by Gasteiger charge is -2.42. The Kier molecular flexibility index (Phi) is 2.99. The highest BCUT2D eigenvalue weighted by Crippen LogP contribution is 2.51. The van der Waals surface area contributed by atoms with Crippen LogP contribution in [0.25, 0.3) is 16.8 Å². The molecule has 2 aliphatic carbocycles. The fourth-order valence-electron chi connectivity index (χ4n) is 4.65. The molecule has 0 nitrogen and oxygen atoms in total. The molecule has 0 spiro atoms. The molecule has 1 atom stereocenters. The standard InChI is InChI=1S/C24H20/c1-2-9-19(10-3-1)24-17-7-6-11-20(24)14-15-22-21-12-5-4-8-18(21)13-16-23(22)24/h1-5,8-16H,6-7,17H2. The fraction of sp³-hybridized carbons (Fsp3) is 0.167. The maximum Gasteiger partial charge on any atom is 0.0454 e. The highest BCUT2D eigenvalue weighted by molar-refractivity contribution is 5.94. The predicted octanol–water partition coefficient (Wildman–Crippen LogP) is 6.26. The van der Waals surface area contributed by atoms with E-state index in [1.54, 1.807) is 0 Å². The van der Waals surface area contributed by atoms with Crippen LogP contribution < -0.4 is 0 Å². The maximum absolute atomic E-state index is 2.45. The zero-order valence-electron chi connectivity index (χ0n) is 13.7. The molecule has 116 valence electrons. The average molecular weight is 308 g/mol. The van der Waals surface area contributed by atoms with Gasteiger partial charge in [-0.3, -0.25) is 0 Å². The van der Waals surface area contributed by atoms with E-state index in [4.69, 9.17) is 0 Å². The first-order chi connectivity index (χ1) is 11.9. The van der Waals surface area contributed by atoms with E-state index in [-0.39, 0.29) is 5.41 Å². The molecule has 2 aliphatic rings. The molecule has 0 amide bonds. The number of hydrogen-bond donors (Lipinski definition) is 0. The molecule has 24 heavy (non-hydrogen) atoms. The van der Waals surface area contributed by atoms with Crippen molar-refractivity contribution in [2.75, 3.05) is 0 Å². The molecule has 0 saturated heterocycles. The van der Waals surface area contributed by atoms with Gasteiger partial charge in [-0.25, -0.2) is 0 Å². The van der Waals surface area contributed by atoms with Crippen molar-refractivity contribution in [1.29, 1.82) is 0 Å². The normalized spacial score (nSPS) is 21.9. The largest absolute Gasteiger partial charge is 0.0801 e. The van der Waals surface area contributed by atoms with Crippen LogP contribution in [0.1, 0.15) is 36.0 Å². The second-order valence-electron chi connectivity index (χ2n) is 6.90. The SMILES string of the molecule is C1=Cc2c(ccc3ccccc23)C2(c3ccccc3)CCCC=C12. The van der Waals surface area contributed by atoms with E-state index in [1.165, 1.54) is 52.3 Å². The van der Waals surface area contributed by atoms with E-state index < -0.39 is 0 Å². The summed E-state index contributed by atoms with van der Waals surface area (Å²) < 4.78 is 0. The van der Waals surface area contributed by atoms with Crippen LogP contribution in [0, 0.1) is 0 Å². The summed E-state index contributed by atoms with van der Waals surface area (Å²) in [6.07, 6.45) is 10.8. The van der Waals surface area contributed by atoms with Crippen LogP contribution in [0.5, 0.6) is 0 Å². The molecule has 0 saturated carbocycles. The smallest absolute Gasteiger partial charge is 0.0454 e. The molecule has 0 bridgehead atoms. The lowest BCUT2D eigenvalue weighted by atomic mass is 9.60. The molecular formula is C24H20. The van der Waals surface area contributed by atoms with E-state index in [2.05, 4.69) is 85.0 Å². The third-order valence-corrected chi connectivity index (χ3v) is 5.74. The van der Waals surface area contributed by atoms with Gasteiger partial charge in [0.25, 0.3) is 0 Å². The molecule has 0 fully saturated rings. The van der Waals surface area contributed by atoms with E-state index >= 15 is 0 Å². The molecule has 3 aromatic carbocycles. The predicted molar refractivity (Wildman–Crippen MR) is 102 cm³/mol. The first kappa shape index (κ1) is 13.8. The third kappa shape index (κ3) is 1.80. The summed E-state index contributed by atoms with van der Waals surface area (Å²) in [6.45, 7) is 0. The number of benzene rings is 3. The minimum absolute atomic E-state index is 0.0215. The molecule has 0 radical (unpaired) electrons. The van der Waals surface area contributed by atoms with Crippen molar-refractivity contribution in [3.05, 3.63) is 101 Å². The molecule has 0 N–H and O–H groups in total. The Morgan fingerprint density at radius 2 is 1.58 bits per heavy atom. The topological polar surface area (TPSA) is 0 Å². The third-order valence-electron chi connectivity index (χ3n) is 5.74. The highest BCUT2D eigenvalue weighted by Gasteiger charge is 2.41. The van der Waals surface area contributed by atoms with E-state index in [9.17, 15) is 0 Å². The van der Waals surface area contributed by atoms with Crippen LogP contribution in [0.2, 0.25) is 0 Å². The Morgan fingerprint density at radius 3 is 2.50 bits per heavy atom. The summed E-state index contributed by atoms with van der Waals surface area (Å²) in [7, 11) is 0. The van der Waals surface area contributed by atoms with Crippen molar-refractivity contribution in [2.24, 2.45) is 0 Å². The zero-order chi connectivity index (χ0) is 16.0. The van der Waals surface area contributed by atoms with Crippen molar-refractivity contribution in [2.45, 2.75) is 24.7 Å². The fourth-order valence-corrected chi connectivity index (χ4v) is 4.65. The average Bonchev–Trinajstić information content (AvgIpc) is 2.68. The Morgan fingerprint density at radius 1 is 0.750 bits per heavy atom. The summed E-state index contributed by atoms with van der Waals surface area (Å²) in [5.74, 6) is 0. The van der Waals surface area contributed by atoms with Gasteiger partial charge >= 0.3 is 0 Å². The van der Waals surface area contributed by atoms with Crippen molar-refractivity contribution in [1.82, 2.24) is 0 Å². The molecule has 5 rings (SSSR count). The van der Waals surface area contributed by atoms with Crippen LogP contribution in [-0.2, 0) is 5.41 Å². The van der Waals surface area contributed by atoms with Crippen LogP contribution in [-0.4, -0.2) is 0 Å². The Balaban J connectivity index is 1.88. The second kappa shape index (κ2) is 5.21. The van der Waals surface area contributed by atoms with Crippen molar-refractivity contribution in [3.63, 3.8) is 0 Å². The monoisotopic (exact) mass is 308 g/mol. The van der Waals surface area contributed by atoms with Gasteiger partial charge in [0.1, 0.15) is 0 Å². The van der Waals surface area contributed by atoms with Crippen molar-refractivity contribution < 1.29 is 0 Å². The number of hydrogen-bond acceptors (Lipinski definition) is 0. The highest BCUT2D eigenvalue weighted by atomic mass is 14.4. The first-order valence-electron chi connectivity index (χ1n) is 8.86. The Labute approximate surface area is 143 Å². The van der Waals surface area contributed by atoms with Gasteiger partial charge in [0, 0.05) is 5.41 Å². The molecule has 0 heterocycles. The number of rotatable bonds is 1. The number of fused-ring (bicyclic) bond motifs is 5. The molecule has 0 heteroatoms. The Hall–Kier alpha value is -2.60. The van der Waals surface area contributed by atoms with Crippen LogP contribution >= 0.6 is 0 Å². The van der Waals surface area contributed by atoms with E-state index in [1.807, 2.05) is 0 Å². The molecule has 1 unspecified atom stereocenters. The summed E-state index contributed by atoms with van der Waals surface area (Å²) >= 11 is 0. The van der Waals surface area contributed by atoms with Crippen LogP contribution in [0.15, 0.2) is 84.5 Å². The van der Waals surface area contributed by atoms with Gasteiger partial charge in [0.2, 0.25) is 0 Å². The summed E-state index contributed by atoms with van der Waals surface area (Å²) in [5.41, 5.74) is 5.80. The maximum atomic E-state index is 2.45. The Bertz CT molecular complexity index is 975. The van der Waals surface area contributed by atoms with Gasteiger partial charge in [0.05, 0.1) is 0 Å². The molecule has 3 aromatic rings. The number of allylic oxidation sites excluding steroid dienone is 3. The zero-order valence-corrected chi connectivity index (χ0v) is 13.7. The molecule has 0 aromatic heterocycles. The van der Waals surface area contributed by atoms with Gasteiger partial charge in [-0.2, -0.15) is 0 Å². The van der Waals surface area contributed by atoms with E-state index in [0.717, 1.165) is 0 Å². The lowest BCUT2D eigenvalue weighted by Crippen LogP contribution is -2.34. The minimum Gasteiger partial charge on any atom is -0.0801 e. The van der Waals surface area contributed by atoms with E-state index in [0.29, 0.717) is 0 Å². The van der Waals surface area contributed by atoms with Gasteiger partial charge in [0.15, 0.2) is 0 Å². The van der Waals surface area contributed by atoms with Crippen molar-refractivity contribution >= 4 is 16.8 Å². The van der Waals surface area contributed by atoms with Crippen LogP contribution in [0.3, 0.4) is 0 Å². The van der Waals surface area contributed by atoms with Crippen molar-refractivity contribution in [3.8, 4) is 0 Å². The van der Waals surface area contributed by atoms with Gasteiger partial charge in [-0.05, 0) is 52.3 Å². The lowest BCUT2D eigenvalue weighted by molar-refractivity contribution is 0.507. The summed E-state index contributed by atoms with van der Waals surface area (Å²) in [5, 5.41) is 2.69. The molecular weight excluding hydrogens is 288 g/mol. The summed E-state index contributed by atoms with van der Waals surface area (Å²) in [4.78, 5) is 0. The molecule has 0 aliphatic heterocycles. The summed E-state index contributed by atoms with van der Waals surface area (Å²) in [6, 6.07) is 24.5. The van der Waals surface area contributed by atoms with Gasteiger partial charge < -0.3 is 0 Å². The van der Waals surface area contributed by atoms with Crippen LogP contribution in [0.4, 0.5) is 0 Å². The quantitative estimate of drug-likeness (QED) is 0.497. The first-order valence-corrected chi connectivity index (χ1v) is 8.86. The second-order valence-corrected chi connectivity index (χ2v) is 6.90. The van der Waals surface area contributed by atoms with Gasteiger partial charge in [-0.15, -0.1) is 0 Å². The van der Waals surface area contributed by atoms with Gasteiger partial charge in [-0.1, -0.05) is 85.0 Å². The minimum atomic E-state index is 0.0215.